The second-order valence-corrected chi connectivity index (χ2v) is 7.58. The molecule has 0 amide bonds. The molecule has 1 aliphatic heterocycles. The average molecular weight is 311 g/mol. The van der Waals surface area contributed by atoms with Gasteiger partial charge in [-0.2, -0.15) is 0 Å². The van der Waals surface area contributed by atoms with Crippen LogP contribution in [0.1, 0.15) is 25.3 Å². The first-order valence-electron chi connectivity index (χ1n) is 7.50. The van der Waals surface area contributed by atoms with Crippen molar-refractivity contribution in [3.8, 4) is 0 Å². The minimum Gasteiger partial charge on any atom is -0.399 e. The van der Waals surface area contributed by atoms with Crippen LogP contribution >= 0.6 is 0 Å². The first-order chi connectivity index (χ1) is 9.90. The van der Waals surface area contributed by atoms with E-state index >= 15 is 0 Å². The van der Waals surface area contributed by atoms with Crippen molar-refractivity contribution in [3.05, 3.63) is 23.8 Å². The number of benzene rings is 1. The Morgan fingerprint density at radius 2 is 1.95 bits per heavy atom. The molecule has 1 aromatic carbocycles. The molecule has 5 nitrogen and oxygen atoms in total. The van der Waals surface area contributed by atoms with Gasteiger partial charge in [-0.05, 0) is 69.1 Å². The van der Waals surface area contributed by atoms with Gasteiger partial charge in [0.2, 0.25) is 10.0 Å². The fraction of sp³-hybridized carbons (Fsp3) is 0.600. The van der Waals surface area contributed by atoms with Crippen molar-refractivity contribution in [3.63, 3.8) is 0 Å². The molecule has 118 valence electrons. The van der Waals surface area contributed by atoms with Crippen LogP contribution in [-0.4, -0.2) is 39.5 Å². The maximum Gasteiger partial charge on any atom is 0.240 e. The summed E-state index contributed by atoms with van der Waals surface area (Å²) in [5.41, 5.74) is 7.06. The molecule has 1 aromatic rings. The van der Waals surface area contributed by atoms with Crippen molar-refractivity contribution in [2.75, 3.05) is 31.9 Å². The monoisotopic (exact) mass is 311 g/mol. The van der Waals surface area contributed by atoms with Crippen LogP contribution < -0.4 is 10.5 Å². The number of hydrogen-bond acceptors (Lipinski definition) is 4. The highest BCUT2D eigenvalue weighted by Crippen LogP contribution is 2.19. The molecule has 0 aromatic heterocycles. The number of aryl methyl sites for hydroxylation is 1. The zero-order valence-electron chi connectivity index (χ0n) is 12.8. The topological polar surface area (TPSA) is 75.4 Å². The molecule has 1 fully saturated rings. The lowest BCUT2D eigenvalue weighted by Crippen LogP contribution is -2.38. The quantitative estimate of drug-likeness (QED) is 0.810. The summed E-state index contributed by atoms with van der Waals surface area (Å²) in [5.74, 6) is 0.421. The molecule has 0 atom stereocenters. The molecule has 1 heterocycles. The highest BCUT2D eigenvalue weighted by molar-refractivity contribution is 7.89. The number of piperidine rings is 1. The summed E-state index contributed by atoms with van der Waals surface area (Å²) in [6.07, 6.45) is 2.10. The SMILES string of the molecule is CCN1CCC(CNS(=O)(=O)c2cc(C)cc(N)c2)CC1. The Balaban J connectivity index is 1.95. The summed E-state index contributed by atoms with van der Waals surface area (Å²) in [7, 11) is -3.47. The number of hydrogen-bond donors (Lipinski definition) is 2. The first kappa shape index (κ1) is 16.3. The number of sulfonamides is 1. The highest BCUT2D eigenvalue weighted by atomic mass is 32.2. The second-order valence-electron chi connectivity index (χ2n) is 5.81. The van der Waals surface area contributed by atoms with Crippen molar-refractivity contribution in [1.29, 1.82) is 0 Å². The van der Waals surface area contributed by atoms with E-state index in [4.69, 9.17) is 5.73 Å². The van der Waals surface area contributed by atoms with Gasteiger partial charge in [0.15, 0.2) is 0 Å². The smallest absolute Gasteiger partial charge is 0.240 e. The Bertz CT molecular complexity index is 558. The third-order valence-corrected chi connectivity index (χ3v) is 5.50. The number of rotatable bonds is 5. The number of nitrogens with two attached hydrogens (primary N) is 1. The lowest BCUT2D eigenvalue weighted by atomic mass is 9.97. The van der Waals surface area contributed by atoms with Crippen LogP contribution in [0.3, 0.4) is 0 Å². The van der Waals surface area contributed by atoms with E-state index in [1.54, 1.807) is 12.1 Å². The number of nitrogens with one attached hydrogen (secondary N) is 1. The zero-order chi connectivity index (χ0) is 15.5. The minimum atomic E-state index is -3.47. The molecule has 0 radical (unpaired) electrons. The van der Waals surface area contributed by atoms with Crippen LogP contribution in [0.2, 0.25) is 0 Å². The Labute approximate surface area is 127 Å². The van der Waals surface area contributed by atoms with E-state index in [-0.39, 0.29) is 4.90 Å². The minimum absolute atomic E-state index is 0.256. The summed E-state index contributed by atoms with van der Waals surface area (Å²) in [6.45, 7) is 7.69. The number of anilines is 1. The predicted octanol–water partition coefficient (Wildman–Crippen LogP) is 1.59. The van der Waals surface area contributed by atoms with E-state index in [1.165, 1.54) is 6.07 Å². The molecule has 6 heteroatoms. The number of nitrogen functional groups attached to an aromatic ring is 1. The van der Waals surface area contributed by atoms with Gasteiger partial charge in [-0.3, -0.25) is 0 Å². The fourth-order valence-electron chi connectivity index (χ4n) is 2.75. The maximum absolute atomic E-state index is 12.3. The largest absolute Gasteiger partial charge is 0.399 e. The molecule has 1 aliphatic rings. The van der Waals surface area contributed by atoms with Crippen LogP contribution in [0.15, 0.2) is 23.1 Å². The van der Waals surface area contributed by atoms with Crippen molar-refractivity contribution in [2.45, 2.75) is 31.6 Å². The Hall–Kier alpha value is -1.11. The Morgan fingerprint density at radius 3 is 2.52 bits per heavy atom. The third-order valence-electron chi connectivity index (χ3n) is 4.10. The molecule has 21 heavy (non-hydrogen) atoms. The molecular weight excluding hydrogens is 286 g/mol. The van der Waals surface area contributed by atoms with Crippen LogP contribution in [-0.2, 0) is 10.0 Å². The van der Waals surface area contributed by atoms with Gasteiger partial charge in [0.25, 0.3) is 0 Å². The van der Waals surface area contributed by atoms with Crippen LogP contribution in [0.5, 0.6) is 0 Å². The van der Waals surface area contributed by atoms with Crippen molar-refractivity contribution in [1.82, 2.24) is 9.62 Å². The molecular formula is C15H25N3O2S. The molecule has 0 unspecified atom stereocenters. The molecule has 3 N–H and O–H groups in total. The second kappa shape index (κ2) is 6.77. The van der Waals surface area contributed by atoms with Gasteiger partial charge >= 0.3 is 0 Å². The van der Waals surface area contributed by atoms with Gasteiger partial charge in [0.1, 0.15) is 0 Å². The van der Waals surface area contributed by atoms with E-state index < -0.39 is 10.0 Å². The molecule has 0 saturated carbocycles. The third kappa shape index (κ3) is 4.43. The van der Waals surface area contributed by atoms with Crippen molar-refractivity contribution >= 4 is 15.7 Å². The van der Waals surface area contributed by atoms with E-state index in [1.807, 2.05) is 6.92 Å². The van der Waals surface area contributed by atoms with E-state index in [9.17, 15) is 8.42 Å². The van der Waals surface area contributed by atoms with Gasteiger partial charge in [0, 0.05) is 12.2 Å². The van der Waals surface area contributed by atoms with E-state index in [0.717, 1.165) is 38.0 Å². The fourth-order valence-corrected chi connectivity index (χ4v) is 4.00. The molecule has 1 saturated heterocycles. The van der Waals surface area contributed by atoms with E-state index in [0.29, 0.717) is 18.2 Å². The maximum atomic E-state index is 12.3. The summed E-state index contributed by atoms with van der Waals surface area (Å²) in [6, 6.07) is 4.92. The predicted molar refractivity (Wildman–Crippen MR) is 85.6 cm³/mol. The first-order valence-corrected chi connectivity index (χ1v) is 8.98. The zero-order valence-corrected chi connectivity index (χ0v) is 13.6. The summed E-state index contributed by atoms with van der Waals surface area (Å²) in [5, 5.41) is 0. The van der Waals surface area contributed by atoms with Gasteiger partial charge < -0.3 is 10.6 Å². The molecule has 0 spiro atoms. The van der Waals surface area contributed by atoms with Gasteiger partial charge in [-0.1, -0.05) is 6.92 Å². The van der Waals surface area contributed by atoms with Gasteiger partial charge in [0.05, 0.1) is 4.90 Å². The molecule has 0 bridgehead atoms. The van der Waals surface area contributed by atoms with E-state index in [2.05, 4.69) is 16.5 Å². The summed E-state index contributed by atoms with van der Waals surface area (Å²) >= 11 is 0. The number of likely N-dealkylation sites (tertiary alicyclic amines) is 1. The summed E-state index contributed by atoms with van der Waals surface area (Å²) < 4.78 is 27.4. The molecule has 2 rings (SSSR count). The van der Waals surface area contributed by atoms with Crippen molar-refractivity contribution in [2.24, 2.45) is 5.92 Å². The average Bonchev–Trinajstić information content (AvgIpc) is 2.45. The summed E-state index contributed by atoms with van der Waals surface area (Å²) in [4.78, 5) is 2.65. The standard InChI is InChI=1S/C15H25N3O2S/c1-3-18-6-4-13(5-7-18)11-17-21(19,20)15-9-12(2)8-14(16)10-15/h8-10,13,17H,3-7,11,16H2,1-2H3. The molecule has 0 aliphatic carbocycles. The van der Waals surface area contributed by atoms with Crippen LogP contribution in [0.4, 0.5) is 5.69 Å². The van der Waals surface area contributed by atoms with Gasteiger partial charge in [-0.15, -0.1) is 0 Å². The van der Waals surface area contributed by atoms with Gasteiger partial charge in [-0.25, -0.2) is 13.1 Å². The van der Waals surface area contributed by atoms with Crippen LogP contribution in [0.25, 0.3) is 0 Å². The van der Waals surface area contributed by atoms with Crippen molar-refractivity contribution < 1.29 is 8.42 Å². The Morgan fingerprint density at radius 1 is 1.29 bits per heavy atom. The Kier molecular flexibility index (Phi) is 5.24. The normalized spacial score (nSPS) is 18.0. The highest BCUT2D eigenvalue weighted by Gasteiger charge is 2.21. The lowest BCUT2D eigenvalue weighted by molar-refractivity contribution is 0.194. The lowest BCUT2D eigenvalue weighted by Gasteiger charge is -2.31. The number of nitrogens with zero attached hydrogens (tertiary/aromatic N) is 1. The van der Waals surface area contributed by atoms with Crippen LogP contribution in [0, 0.1) is 12.8 Å².